The maximum Gasteiger partial charge on any atom is 0.233 e. The molecule has 0 spiro atoms. The number of halogens is 1. The van der Waals surface area contributed by atoms with Gasteiger partial charge < -0.3 is 4.90 Å². The van der Waals surface area contributed by atoms with E-state index >= 15 is 0 Å². The number of carbonyl (C=O) groups excluding carboxylic acids is 1. The third-order valence-corrected chi connectivity index (χ3v) is 5.40. The van der Waals surface area contributed by atoms with Gasteiger partial charge in [-0.3, -0.25) is 9.89 Å². The monoisotopic (exact) mass is 394 g/mol. The predicted molar refractivity (Wildman–Crippen MR) is 95.3 cm³/mol. The number of H-pyrrole nitrogens is 1. The molecule has 0 aliphatic carbocycles. The molecule has 7 heteroatoms. The zero-order valence-electron chi connectivity index (χ0n) is 12.8. The van der Waals surface area contributed by atoms with Crippen LogP contribution in [0.2, 0.25) is 0 Å². The fourth-order valence-electron chi connectivity index (χ4n) is 2.62. The number of hydrogen-bond donors (Lipinski definition) is 1. The number of likely N-dealkylation sites (tertiary alicyclic amines) is 1. The summed E-state index contributed by atoms with van der Waals surface area (Å²) in [6, 6.07) is 7.85. The number of hydrogen-bond acceptors (Lipinski definition) is 4. The Morgan fingerprint density at radius 2 is 1.96 bits per heavy atom. The molecule has 23 heavy (non-hydrogen) atoms. The molecular weight excluding hydrogens is 376 g/mol. The van der Waals surface area contributed by atoms with Crippen LogP contribution in [0.15, 0.2) is 33.9 Å². The van der Waals surface area contributed by atoms with E-state index in [9.17, 15) is 4.79 Å². The van der Waals surface area contributed by atoms with Crippen LogP contribution in [0.1, 0.15) is 25.7 Å². The van der Waals surface area contributed by atoms with Crippen molar-refractivity contribution in [2.75, 3.05) is 18.8 Å². The van der Waals surface area contributed by atoms with E-state index in [1.54, 1.807) is 0 Å². The van der Waals surface area contributed by atoms with Crippen LogP contribution in [0.3, 0.4) is 0 Å². The molecule has 1 saturated heterocycles. The summed E-state index contributed by atoms with van der Waals surface area (Å²) in [6.45, 7) is 1.77. The van der Waals surface area contributed by atoms with Crippen LogP contribution in [0.25, 0.3) is 11.4 Å². The number of aromatic amines is 1. The molecule has 1 fully saturated rings. The van der Waals surface area contributed by atoms with Gasteiger partial charge >= 0.3 is 0 Å². The normalized spacial score (nSPS) is 15.4. The highest BCUT2D eigenvalue weighted by Crippen LogP contribution is 2.26. The summed E-state index contributed by atoms with van der Waals surface area (Å²) in [5.74, 6) is 1.29. The molecule has 0 unspecified atom stereocenters. The first-order valence-corrected chi connectivity index (χ1v) is 9.60. The Morgan fingerprint density at radius 3 is 2.70 bits per heavy atom. The van der Waals surface area contributed by atoms with Gasteiger partial charge in [-0.1, -0.05) is 58.7 Å². The van der Waals surface area contributed by atoms with Gasteiger partial charge in [-0.2, -0.15) is 0 Å². The number of nitrogens with zero attached hydrogens (tertiary/aromatic N) is 3. The van der Waals surface area contributed by atoms with Crippen molar-refractivity contribution in [3.63, 3.8) is 0 Å². The van der Waals surface area contributed by atoms with Crippen LogP contribution < -0.4 is 0 Å². The van der Waals surface area contributed by atoms with Crippen molar-refractivity contribution in [3.05, 3.63) is 28.7 Å². The molecule has 122 valence electrons. The van der Waals surface area contributed by atoms with Gasteiger partial charge in [0.2, 0.25) is 11.1 Å². The summed E-state index contributed by atoms with van der Waals surface area (Å²) in [5.41, 5.74) is 0.964. The van der Waals surface area contributed by atoms with Crippen LogP contribution in [0, 0.1) is 0 Å². The Balaban J connectivity index is 1.59. The highest BCUT2D eigenvalue weighted by molar-refractivity contribution is 9.10. The van der Waals surface area contributed by atoms with Crippen molar-refractivity contribution in [2.45, 2.75) is 30.8 Å². The van der Waals surface area contributed by atoms with Gasteiger partial charge in [0.1, 0.15) is 0 Å². The van der Waals surface area contributed by atoms with E-state index < -0.39 is 0 Å². The standard InChI is InChI=1S/C16H19BrN4OS/c17-13-8-4-3-7-12(13)15-18-16(20-19-15)23-11-14(22)21-9-5-1-2-6-10-21/h3-4,7-8H,1-2,5-6,9-11H2,(H,18,19,20). The number of benzene rings is 1. The zero-order valence-corrected chi connectivity index (χ0v) is 15.2. The first-order valence-electron chi connectivity index (χ1n) is 7.82. The summed E-state index contributed by atoms with van der Waals surface area (Å²) < 4.78 is 0.966. The van der Waals surface area contributed by atoms with E-state index in [4.69, 9.17) is 0 Å². The largest absolute Gasteiger partial charge is 0.342 e. The quantitative estimate of drug-likeness (QED) is 0.802. The van der Waals surface area contributed by atoms with Crippen LogP contribution in [-0.4, -0.2) is 44.8 Å². The van der Waals surface area contributed by atoms with Gasteiger partial charge in [0.25, 0.3) is 0 Å². The van der Waals surface area contributed by atoms with Gasteiger partial charge in [-0.25, -0.2) is 4.98 Å². The van der Waals surface area contributed by atoms with Crippen molar-refractivity contribution >= 4 is 33.6 Å². The number of thioether (sulfide) groups is 1. The van der Waals surface area contributed by atoms with Crippen molar-refractivity contribution < 1.29 is 4.79 Å². The second-order valence-corrected chi connectivity index (χ2v) is 7.33. The lowest BCUT2D eigenvalue weighted by Gasteiger charge is -2.19. The summed E-state index contributed by atoms with van der Waals surface area (Å²) in [4.78, 5) is 18.7. The second-order valence-electron chi connectivity index (χ2n) is 5.53. The first-order chi connectivity index (χ1) is 11.2. The van der Waals surface area contributed by atoms with Crippen LogP contribution in [0.4, 0.5) is 0 Å². The molecule has 1 aromatic heterocycles. The average molecular weight is 395 g/mol. The van der Waals surface area contributed by atoms with E-state index in [2.05, 4.69) is 31.1 Å². The molecule has 1 aromatic carbocycles. The molecular formula is C16H19BrN4OS. The molecule has 1 amide bonds. The Kier molecular flexibility index (Phi) is 5.72. The highest BCUT2D eigenvalue weighted by atomic mass is 79.9. The molecule has 0 saturated carbocycles. The van der Waals surface area contributed by atoms with Gasteiger partial charge in [0, 0.05) is 23.1 Å². The van der Waals surface area contributed by atoms with Crippen LogP contribution in [-0.2, 0) is 4.79 Å². The lowest BCUT2D eigenvalue weighted by Crippen LogP contribution is -2.33. The minimum absolute atomic E-state index is 0.184. The first kappa shape index (κ1) is 16.5. The van der Waals surface area contributed by atoms with Crippen molar-refractivity contribution in [3.8, 4) is 11.4 Å². The minimum Gasteiger partial charge on any atom is -0.342 e. The molecule has 3 rings (SSSR count). The Labute approximate surface area is 148 Å². The zero-order chi connectivity index (χ0) is 16.1. The highest BCUT2D eigenvalue weighted by Gasteiger charge is 2.17. The lowest BCUT2D eigenvalue weighted by atomic mass is 10.2. The summed E-state index contributed by atoms with van der Waals surface area (Å²) in [7, 11) is 0. The maximum atomic E-state index is 12.3. The predicted octanol–water partition coefficient (Wildman–Crippen LogP) is 3.73. The summed E-state index contributed by atoms with van der Waals surface area (Å²) in [6.07, 6.45) is 4.69. The SMILES string of the molecule is O=C(CSc1n[nH]c(-c2ccccc2Br)n1)N1CCCCCC1. The molecule has 1 aliphatic heterocycles. The third-order valence-electron chi connectivity index (χ3n) is 3.88. The van der Waals surface area contributed by atoms with Gasteiger partial charge in [0.15, 0.2) is 5.82 Å². The molecule has 2 aromatic rings. The Morgan fingerprint density at radius 1 is 1.22 bits per heavy atom. The fourth-order valence-corrected chi connectivity index (χ4v) is 3.80. The number of nitrogens with one attached hydrogen (secondary N) is 1. The Bertz CT molecular complexity index is 668. The lowest BCUT2D eigenvalue weighted by molar-refractivity contribution is -0.128. The molecule has 0 bridgehead atoms. The third kappa shape index (κ3) is 4.35. The van der Waals surface area contributed by atoms with E-state index in [1.165, 1.54) is 24.6 Å². The van der Waals surface area contributed by atoms with Crippen molar-refractivity contribution in [1.29, 1.82) is 0 Å². The van der Waals surface area contributed by atoms with Crippen LogP contribution in [0.5, 0.6) is 0 Å². The molecule has 0 radical (unpaired) electrons. The number of amides is 1. The molecule has 0 atom stereocenters. The summed E-state index contributed by atoms with van der Waals surface area (Å²) >= 11 is 4.90. The van der Waals surface area contributed by atoms with Gasteiger partial charge in [-0.15, -0.1) is 5.10 Å². The van der Waals surface area contributed by atoms with Crippen molar-refractivity contribution in [1.82, 2.24) is 20.1 Å². The van der Waals surface area contributed by atoms with E-state index in [0.717, 1.165) is 36.0 Å². The second kappa shape index (κ2) is 7.97. The van der Waals surface area contributed by atoms with E-state index in [0.29, 0.717) is 16.7 Å². The fraction of sp³-hybridized carbons (Fsp3) is 0.438. The minimum atomic E-state index is 0.184. The van der Waals surface area contributed by atoms with E-state index in [1.807, 2.05) is 29.2 Å². The van der Waals surface area contributed by atoms with E-state index in [-0.39, 0.29) is 5.91 Å². The van der Waals surface area contributed by atoms with Gasteiger partial charge in [-0.05, 0) is 18.9 Å². The topological polar surface area (TPSA) is 61.9 Å². The van der Waals surface area contributed by atoms with Gasteiger partial charge in [0.05, 0.1) is 5.75 Å². The number of carbonyl (C=O) groups is 1. The summed E-state index contributed by atoms with van der Waals surface area (Å²) in [5, 5.41) is 7.75. The number of aromatic nitrogens is 3. The Hall–Kier alpha value is -1.34. The molecule has 1 aliphatic rings. The maximum absolute atomic E-state index is 12.3. The molecule has 5 nitrogen and oxygen atoms in total. The van der Waals surface area contributed by atoms with Crippen molar-refractivity contribution in [2.24, 2.45) is 0 Å². The molecule has 1 N–H and O–H groups in total. The average Bonchev–Trinajstić information content (AvgIpc) is 2.86. The number of rotatable bonds is 4. The molecule has 2 heterocycles. The smallest absolute Gasteiger partial charge is 0.233 e. The van der Waals surface area contributed by atoms with Crippen LogP contribution >= 0.6 is 27.7 Å².